The molecule has 13 heteroatoms. The van der Waals surface area contributed by atoms with Gasteiger partial charge in [0.1, 0.15) is 4.90 Å². The van der Waals surface area contributed by atoms with E-state index in [1.807, 2.05) is 24.3 Å². The van der Waals surface area contributed by atoms with E-state index in [0.29, 0.717) is 45.2 Å². The number of rotatable bonds is 12. The molecular weight excluding hydrogens is 620 g/mol. The molecule has 5 aromatic rings. The predicted octanol–water partition coefficient (Wildman–Crippen LogP) is 6.46. The largest absolute Gasteiger partial charge is 0.480 e. The number of carboxylic acids is 1. The van der Waals surface area contributed by atoms with Crippen molar-refractivity contribution in [3.8, 4) is 23.0 Å². The number of pyridine rings is 1. The number of anilines is 4. The van der Waals surface area contributed by atoms with Crippen molar-refractivity contribution < 1.29 is 27.8 Å². The molecule has 47 heavy (non-hydrogen) atoms. The molecule has 2 aromatic heterocycles. The number of nitrogens with one attached hydrogen (secondary N) is 3. The standard InChI is InChI=1S/C34H34N6O6S/c1-19(2)20-6-5-7-24(12-20)37-25-13-22(33(41)42)14-26(16-25)38-31-27-11-8-21(28-17-36-34(46-4)39-32(28)45-3)15-29(27)35-18-30(31)47(43,44)40-23-9-10-23/h5-8,11-19,23,37,40H,9-10H2,1-4H3,(H,35,38)(H,41,42). The molecule has 4 N–H and O–H groups in total. The highest BCUT2D eigenvalue weighted by Gasteiger charge is 2.31. The molecule has 1 aliphatic rings. The average molecular weight is 655 g/mol. The van der Waals surface area contributed by atoms with Crippen molar-refractivity contribution in [2.24, 2.45) is 0 Å². The molecule has 0 atom stereocenters. The third kappa shape index (κ3) is 6.95. The lowest BCUT2D eigenvalue weighted by Crippen LogP contribution is -2.26. The number of hydrogen-bond acceptors (Lipinski definition) is 10. The van der Waals surface area contributed by atoms with Gasteiger partial charge in [-0.25, -0.2) is 22.9 Å². The minimum atomic E-state index is -3.98. The third-order valence-corrected chi connectivity index (χ3v) is 9.27. The molecule has 1 saturated carbocycles. The zero-order valence-electron chi connectivity index (χ0n) is 26.2. The van der Waals surface area contributed by atoms with Crippen molar-refractivity contribution >= 4 is 49.6 Å². The Morgan fingerprint density at radius 2 is 1.68 bits per heavy atom. The molecule has 0 spiro atoms. The number of nitrogens with zero attached hydrogens (tertiary/aromatic N) is 3. The maximum Gasteiger partial charge on any atom is 0.335 e. The highest BCUT2D eigenvalue weighted by molar-refractivity contribution is 7.89. The summed E-state index contributed by atoms with van der Waals surface area (Å²) in [5.74, 6) is -0.523. The van der Waals surface area contributed by atoms with E-state index in [-0.39, 0.29) is 28.2 Å². The highest BCUT2D eigenvalue weighted by atomic mass is 32.2. The first-order chi connectivity index (χ1) is 22.5. The highest BCUT2D eigenvalue weighted by Crippen LogP contribution is 2.38. The minimum absolute atomic E-state index is 0.0188. The van der Waals surface area contributed by atoms with Gasteiger partial charge in [0, 0.05) is 40.9 Å². The predicted molar refractivity (Wildman–Crippen MR) is 180 cm³/mol. The summed E-state index contributed by atoms with van der Waals surface area (Å²) in [7, 11) is -1.03. The van der Waals surface area contributed by atoms with Crippen LogP contribution in [0.4, 0.5) is 22.7 Å². The van der Waals surface area contributed by atoms with Gasteiger partial charge in [-0.1, -0.05) is 38.1 Å². The summed E-state index contributed by atoms with van der Waals surface area (Å²) in [5.41, 5.74) is 4.83. The fraction of sp³-hybridized carbons (Fsp3) is 0.235. The number of aromatic nitrogens is 3. The van der Waals surface area contributed by atoms with Crippen LogP contribution in [0.15, 0.2) is 78.0 Å². The molecule has 6 rings (SSSR count). The summed E-state index contributed by atoms with van der Waals surface area (Å²) in [6.45, 7) is 4.19. The van der Waals surface area contributed by atoms with Crippen LogP contribution in [0.5, 0.6) is 11.9 Å². The summed E-state index contributed by atoms with van der Waals surface area (Å²) in [4.78, 5) is 25.1. The van der Waals surface area contributed by atoms with Crippen LogP contribution in [-0.2, 0) is 10.0 Å². The van der Waals surface area contributed by atoms with Gasteiger partial charge >= 0.3 is 12.0 Å². The second-order valence-electron chi connectivity index (χ2n) is 11.5. The molecule has 2 heterocycles. The topological polar surface area (TPSA) is 165 Å². The van der Waals surface area contributed by atoms with Gasteiger partial charge < -0.3 is 25.2 Å². The minimum Gasteiger partial charge on any atom is -0.480 e. The van der Waals surface area contributed by atoms with E-state index in [2.05, 4.69) is 44.2 Å². The number of sulfonamides is 1. The molecule has 3 aromatic carbocycles. The molecule has 0 aliphatic heterocycles. The second kappa shape index (κ2) is 12.9. The Bertz CT molecular complexity index is 2100. The van der Waals surface area contributed by atoms with Crippen molar-refractivity contribution in [2.75, 3.05) is 24.9 Å². The number of ether oxygens (including phenoxy) is 2. The Balaban J connectivity index is 1.46. The molecular formula is C34H34N6O6S. The van der Waals surface area contributed by atoms with E-state index in [1.165, 1.54) is 32.5 Å². The summed E-state index contributed by atoms with van der Waals surface area (Å²) >= 11 is 0. The lowest BCUT2D eigenvalue weighted by atomic mass is 10.0. The van der Waals surface area contributed by atoms with Gasteiger partial charge in [0.05, 0.1) is 36.6 Å². The Labute approximate surface area is 272 Å². The zero-order valence-corrected chi connectivity index (χ0v) is 27.1. The van der Waals surface area contributed by atoms with E-state index in [1.54, 1.807) is 30.5 Å². The van der Waals surface area contributed by atoms with Crippen molar-refractivity contribution in [3.63, 3.8) is 0 Å². The van der Waals surface area contributed by atoms with E-state index < -0.39 is 16.0 Å². The normalized spacial score (nSPS) is 13.0. The zero-order chi connectivity index (χ0) is 33.3. The van der Waals surface area contributed by atoms with Crippen molar-refractivity contribution in [2.45, 2.75) is 43.5 Å². The summed E-state index contributed by atoms with van der Waals surface area (Å²) in [6, 6.07) is 17.9. The maximum atomic E-state index is 13.6. The van der Waals surface area contributed by atoms with Gasteiger partial charge in [0.15, 0.2) is 0 Å². The Kier molecular flexibility index (Phi) is 8.67. The molecule has 12 nitrogen and oxygen atoms in total. The lowest BCUT2D eigenvalue weighted by molar-refractivity contribution is 0.0697. The summed E-state index contributed by atoms with van der Waals surface area (Å²) < 4.78 is 40.5. The molecule has 0 radical (unpaired) electrons. The first kappa shape index (κ1) is 31.7. The van der Waals surface area contributed by atoms with Crippen LogP contribution in [0.25, 0.3) is 22.0 Å². The fourth-order valence-corrected chi connectivity index (χ4v) is 6.57. The molecule has 0 bridgehead atoms. The van der Waals surface area contributed by atoms with Crippen LogP contribution in [0.3, 0.4) is 0 Å². The van der Waals surface area contributed by atoms with E-state index in [0.717, 1.165) is 24.1 Å². The van der Waals surface area contributed by atoms with Crippen LogP contribution in [0.1, 0.15) is 48.5 Å². The molecule has 0 saturated heterocycles. The number of aromatic carboxylic acids is 1. The van der Waals surface area contributed by atoms with Crippen molar-refractivity contribution in [1.82, 2.24) is 19.7 Å². The van der Waals surface area contributed by atoms with Gasteiger partial charge in [0.2, 0.25) is 15.9 Å². The van der Waals surface area contributed by atoms with Gasteiger partial charge in [0.25, 0.3) is 0 Å². The first-order valence-corrected chi connectivity index (χ1v) is 16.5. The van der Waals surface area contributed by atoms with E-state index in [4.69, 9.17) is 9.47 Å². The number of methoxy groups -OCH3 is 2. The van der Waals surface area contributed by atoms with Crippen molar-refractivity contribution in [3.05, 3.63) is 84.2 Å². The Morgan fingerprint density at radius 3 is 2.36 bits per heavy atom. The number of benzene rings is 3. The van der Waals surface area contributed by atoms with Crippen LogP contribution in [-0.4, -0.2) is 54.7 Å². The quantitative estimate of drug-likeness (QED) is 0.117. The lowest BCUT2D eigenvalue weighted by Gasteiger charge is -2.18. The monoisotopic (exact) mass is 654 g/mol. The molecule has 0 unspecified atom stereocenters. The van der Waals surface area contributed by atoms with Crippen molar-refractivity contribution in [1.29, 1.82) is 0 Å². The molecule has 0 amide bonds. The van der Waals surface area contributed by atoms with Gasteiger partial charge in [-0.2, -0.15) is 4.98 Å². The number of carboxylic acid groups (broad SMARTS) is 1. The number of carbonyl (C=O) groups is 1. The number of fused-ring (bicyclic) bond motifs is 1. The average Bonchev–Trinajstić information content (AvgIpc) is 3.87. The SMILES string of the molecule is COc1ncc(-c2ccc3c(Nc4cc(Nc5cccc(C(C)C)c5)cc(C(=O)O)c4)c(S(=O)(=O)NC4CC4)cnc3c2)c(OC)n1. The van der Waals surface area contributed by atoms with Gasteiger partial charge in [-0.15, -0.1) is 0 Å². The summed E-state index contributed by atoms with van der Waals surface area (Å²) in [5, 5.41) is 17.0. The van der Waals surface area contributed by atoms with Gasteiger partial charge in [-0.05, 0) is 66.3 Å². The van der Waals surface area contributed by atoms with Crippen LogP contribution in [0, 0.1) is 0 Å². The first-order valence-electron chi connectivity index (χ1n) is 15.0. The van der Waals surface area contributed by atoms with Crippen LogP contribution in [0.2, 0.25) is 0 Å². The fourth-order valence-electron chi connectivity index (χ4n) is 5.14. The Morgan fingerprint density at radius 1 is 0.915 bits per heavy atom. The van der Waals surface area contributed by atoms with Crippen LogP contribution < -0.4 is 24.8 Å². The van der Waals surface area contributed by atoms with Crippen LogP contribution >= 0.6 is 0 Å². The molecule has 1 aliphatic carbocycles. The maximum absolute atomic E-state index is 13.6. The second-order valence-corrected chi connectivity index (χ2v) is 13.2. The molecule has 242 valence electrons. The smallest absolute Gasteiger partial charge is 0.335 e. The van der Waals surface area contributed by atoms with E-state index in [9.17, 15) is 18.3 Å². The van der Waals surface area contributed by atoms with E-state index >= 15 is 0 Å². The third-order valence-electron chi connectivity index (χ3n) is 7.73. The number of hydrogen-bond donors (Lipinski definition) is 4. The molecule has 1 fully saturated rings. The van der Waals surface area contributed by atoms with Gasteiger partial charge in [-0.3, -0.25) is 4.98 Å². The summed E-state index contributed by atoms with van der Waals surface area (Å²) in [6.07, 6.45) is 4.39. The Hall–Kier alpha value is -5.27.